The van der Waals surface area contributed by atoms with Crippen molar-refractivity contribution in [2.45, 2.75) is 6.42 Å². The molecule has 1 aliphatic rings. The van der Waals surface area contributed by atoms with Crippen molar-refractivity contribution in [2.24, 2.45) is 5.92 Å². The summed E-state index contributed by atoms with van der Waals surface area (Å²) in [7, 11) is 3.25. The summed E-state index contributed by atoms with van der Waals surface area (Å²) in [6.07, 6.45) is 0.294. The molecule has 0 saturated carbocycles. The van der Waals surface area contributed by atoms with Crippen molar-refractivity contribution >= 4 is 25.6 Å². The third-order valence-electron chi connectivity index (χ3n) is 1.86. The van der Waals surface area contributed by atoms with Crippen LogP contribution in [0.1, 0.15) is 6.42 Å². The van der Waals surface area contributed by atoms with Gasteiger partial charge in [0.2, 0.25) is 15.0 Å². The molecule has 0 aromatic rings. The molecule has 0 radical (unpaired) electrons. The molecule has 1 unspecified atom stereocenters. The van der Waals surface area contributed by atoms with Gasteiger partial charge in [0.05, 0.1) is 5.75 Å². The topological polar surface area (TPSA) is 54.5 Å². The van der Waals surface area contributed by atoms with Gasteiger partial charge in [0.15, 0.2) is 0 Å². The van der Waals surface area contributed by atoms with Crippen molar-refractivity contribution in [1.82, 2.24) is 4.90 Å². The number of nitrogens with zero attached hydrogens (tertiary/aromatic N) is 1. The van der Waals surface area contributed by atoms with Crippen LogP contribution in [0.4, 0.5) is 0 Å². The quantitative estimate of drug-likeness (QED) is 0.606. The van der Waals surface area contributed by atoms with Gasteiger partial charge in [-0.05, 0) is 0 Å². The Morgan fingerprint density at radius 2 is 2.25 bits per heavy atom. The number of carbonyl (C=O) groups excluding carboxylic acids is 1. The lowest BCUT2D eigenvalue weighted by atomic mass is 10.1. The maximum atomic E-state index is 11.0. The molecule has 70 valence electrons. The summed E-state index contributed by atoms with van der Waals surface area (Å²) in [5.41, 5.74) is 0. The van der Waals surface area contributed by atoms with Crippen LogP contribution >= 0.6 is 10.7 Å². The Balaban J connectivity index is 2.54. The van der Waals surface area contributed by atoms with Gasteiger partial charge in [-0.25, -0.2) is 8.42 Å². The summed E-state index contributed by atoms with van der Waals surface area (Å²) in [5, 5.41) is 0. The van der Waals surface area contributed by atoms with Crippen LogP contribution in [0.5, 0.6) is 0 Å². The molecule has 0 spiro atoms. The highest BCUT2D eigenvalue weighted by Gasteiger charge is 2.29. The Morgan fingerprint density at radius 3 is 2.58 bits per heavy atom. The largest absolute Gasteiger partial charge is 0.345 e. The number of carbonyl (C=O) groups is 1. The molecule has 1 amide bonds. The number of halogens is 1. The Kier molecular flexibility index (Phi) is 2.63. The fourth-order valence-electron chi connectivity index (χ4n) is 1.35. The molecule has 1 atom stereocenters. The van der Waals surface area contributed by atoms with Gasteiger partial charge in [-0.2, -0.15) is 0 Å². The molecular weight excluding hydrogens is 202 g/mol. The second-order valence-electron chi connectivity index (χ2n) is 3.05. The number of rotatable bonds is 2. The van der Waals surface area contributed by atoms with Crippen LogP contribution in [0, 0.1) is 5.92 Å². The summed E-state index contributed by atoms with van der Waals surface area (Å²) in [6.45, 7) is 0.491. The zero-order valence-corrected chi connectivity index (χ0v) is 8.23. The van der Waals surface area contributed by atoms with Gasteiger partial charge in [-0.3, -0.25) is 4.79 Å². The van der Waals surface area contributed by atoms with Crippen LogP contribution in [0.15, 0.2) is 0 Å². The Hall–Kier alpha value is -0.290. The molecule has 0 N–H and O–H groups in total. The van der Waals surface area contributed by atoms with Gasteiger partial charge in [0, 0.05) is 36.6 Å². The molecule has 1 rings (SSSR count). The van der Waals surface area contributed by atoms with Crippen LogP contribution in [0.25, 0.3) is 0 Å². The van der Waals surface area contributed by atoms with Crippen molar-refractivity contribution < 1.29 is 13.2 Å². The molecular formula is C6H10ClNO3S. The van der Waals surface area contributed by atoms with Gasteiger partial charge in [-0.1, -0.05) is 0 Å². The van der Waals surface area contributed by atoms with E-state index in [0.717, 1.165) is 0 Å². The lowest BCUT2D eigenvalue weighted by Crippen LogP contribution is -2.20. The number of hydrogen-bond acceptors (Lipinski definition) is 3. The molecule has 0 aliphatic carbocycles. The Labute approximate surface area is 75.9 Å². The lowest BCUT2D eigenvalue weighted by Gasteiger charge is -2.07. The zero-order chi connectivity index (χ0) is 9.35. The molecule has 1 fully saturated rings. The first kappa shape index (κ1) is 9.80. The first-order valence-corrected chi connectivity index (χ1v) is 6.02. The molecule has 0 bridgehead atoms. The highest BCUT2D eigenvalue weighted by atomic mass is 35.7. The van der Waals surface area contributed by atoms with E-state index in [1.165, 1.54) is 4.90 Å². The summed E-state index contributed by atoms with van der Waals surface area (Å²) >= 11 is 0. The van der Waals surface area contributed by atoms with Crippen molar-refractivity contribution in [1.29, 1.82) is 0 Å². The van der Waals surface area contributed by atoms with Gasteiger partial charge in [0.1, 0.15) is 0 Å². The first-order chi connectivity index (χ1) is 5.38. The SMILES string of the molecule is CN1CC(CS(=O)(=O)Cl)CC1=O. The molecule has 4 nitrogen and oxygen atoms in total. The number of hydrogen-bond donors (Lipinski definition) is 0. The molecule has 12 heavy (non-hydrogen) atoms. The highest BCUT2D eigenvalue weighted by molar-refractivity contribution is 8.13. The average molecular weight is 212 g/mol. The van der Waals surface area contributed by atoms with Crippen LogP contribution in [0.3, 0.4) is 0 Å². The first-order valence-electron chi connectivity index (χ1n) is 3.55. The zero-order valence-electron chi connectivity index (χ0n) is 6.66. The Bertz CT molecular complexity index is 287. The molecule has 1 heterocycles. The lowest BCUT2D eigenvalue weighted by molar-refractivity contribution is -0.126. The van der Waals surface area contributed by atoms with Crippen molar-refractivity contribution in [3.63, 3.8) is 0 Å². The van der Waals surface area contributed by atoms with E-state index in [2.05, 4.69) is 0 Å². The molecule has 6 heteroatoms. The van der Waals surface area contributed by atoms with Gasteiger partial charge in [0.25, 0.3) is 0 Å². The maximum absolute atomic E-state index is 11.0. The van der Waals surface area contributed by atoms with Crippen molar-refractivity contribution in [3.05, 3.63) is 0 Å². The van der Waals surface area contributed by atoms with E-state index in [0.29, 0.717) is 13.0 Å². The van der Waals surface area contributed by atoms with Gasteiger partial charge < -0.3 is 4.90 Å². The predicted molar refractivity (Wildman–Crippen MR) is 45.4 cm³/mol. The monoisotopic (exact) mass is 211 g/mol. The van der Waals surface area contributed by atoms with Crippen LogP contribution < -0.4 is 0 Å². The molecule has 1 aliphatic heterocycles. The van der Waals surface area contributed by atoms with Gasteiger partial charge in [-0.15, -0.1) is 0 Å². The highest BCUT2D eigenvalue weighted by Crippen LogP contribution is 2.18. The van der Waals surface area contributed by atoms with Crippen LogP contribution in [-0.4, -0.2) is 38.6 Å². The third-order valence-corrected chi connectivity index (χ3v) is 3.10. The molecule has 0 aromatic carbocycles. The van der Waals surface area contributed by atoms with Crippen LogP contribution in [-0.2, 0) is 13.8 Å². The summed E-state index contributed by atoms with van der Waals surface area (Å²) in [5.74, 6) is -0.254. The fourth-order valence-corrected chi connectivity index (χ4v) is 2.67. The smallest absolute Gasteiger partial charge is 0.232 e. The minimum atomic E-state index is -3.46. The van der Waals surface area contributed by atoms with E-state index in [1.807, 2.05) is 0 Å². The number of likely N-dealkylation sites (tertiary alicyclic amines) is 1. The summed E-state index contributed by atoms with van der Waals surface area (Å²) in [4.78, 5) is 12.5. The second-order valence-corrected chi connectivity index (χ2v) is 5.87. The second kappa shape index (κ2) is 3.22. The van der Waals surface area contributed by atoms with Crippen molar-refractivity contribution in [2.75, 3.05) is 19.3 Å². The summed E-state index contributed by atoms with van der Waals surface area (Å²) in [6, 6.07) is 0. The van der Waals surface area contributed by atoms with E-state index in [1.54, 1.807) is 7.05 Å². The normalized spacial score (nSPS) is 25.0. The fraction of sp³-hybridized carbons (Fsp3) is 0.833. The summed E-state index contributed by atoms with van der Waals surface area (Å²) < 4.78 is 21.3. The number of amides is 1. The van der Waals surface area contributed by atoms with E-state index >= 15 is 0 Å². The molecule has 1 saturated heterocycles. The van der Waals surface area contributed by atoms with E-state index in [4.69, 9.17) is 10.7 Å². The third kappa shape index (κ3) is 2.64. The average Bonchev–Trinajstić information content (AvgIpc) is 2.07. The minimum absolute atomic E-state index is 0.0136. The maximum Gasteiger partial charge on any atom is 0.232 e. The van der Waals surface area contributed by atoms with Crippen LogP contribution in [0.2, 0.25) is 0 Å². The van der Waals surface area contributed by atoms with Crippen molar-refractivity contribution in [3.8, 4) is 0 Å². The Morgan fingerprint density at radius 1 is 1.67 bits per heavy atom. The molecule has 0 aromatic heterocycles. The predicted octanol–water partition coefficient (Wildman–Crippen LogP) is 0.0333. The minimum Gasteiger partial charge on any atom is -0.345 e. The standard InChI is InChI=1S/C6H10ClNO3S/c1-8-3-5(2-6(8)9)4-12(7,10)11/h5H,2-4H2,1H3. The van der Waals surface area contributed by atoms with E-state index < -0.39 is 9.05 Å². The van der Waals surface area contributed by atoms with Gasteiger partial charge >= 0.3 is 0 Å². The van der Waals surface area contributed by atoms with E-state index in [9.17, 15) is 13.2 Å². The van der Waals surface area contributed by atoms with E-state index in [-0.39, 0.29) is 17.6 Å².